The van der Waals surface area contributed by atoms with E-state index in [0.717, 1.165) is 6.07 Å². The number of hydrogen-bond acceptors (Lipinski definition) is 6. The lowest BCUT2D eigenvalue weighted by molar-refractivity contribution is -0.387. The minimum absolute atomic E-state index is 0. The summed E-state index contributed by atoms with van der Waals surface area (Å²) >= 11 is 0. The fraction of sp³-hybridized carbons (Fsp3) is 0.538. The van der Waals surface area contributed by atoms with E-state index in [-0.39, 0.29) is 23.1 Å². The molecule has 2 rings (SSSR count). The molecule has 1 aromatic rings. The van der Waals surface area contributed by atoms with Gasteiger partial charge in [-0.1, -0.05) is 0 Å². The van der Waals surface area contributed by atoms with Gasteiger partial charge in [-0.15, -0.1) is 12.4 Å². The van der Waals surface area contributed by atoms with Crippen molar-refractivity contribution in [2.75, 3.05) is 26.7 Å². The average Bonchev–Trinajstić information content (AvgIpc) is 2.54. The van der Waals surface area contributed by atoms with Gasteiger partial charge in [0.2, 0.25) is 10.0 Å². The normalized spacial score (nSPS) is 16.6. The van der Waals surface area contributed by atoms with Crippen molar-refractivity contribution in [3.63, 3.8) is 0 Å². The van der Waals surface area contributed by atoms with Gasteiger partial charge in [0.05, 0.1) is 18.1 Å². The van der Waals surface area contributed by atoms with Crippen molar-refractivity contribution in [3.8, 4) is 5.75 Å². The molecule has 1 aliphatic heterocycles. The maximum absolute atomic E-state index is 12.7. The number of halogens is 1. The van der Waals surface area contributed by atoms with E-state index >= 15 is 0 Å². The Morgan fingerprint density at radius 3 is 2.48 bits per heavy atom. The molecule has 8 nitrogen and oxygen atoms in total. The van der Waals surface area contributed by atoms with Gasteiger partial charge >= 0.3 is 0 Å². The molecule has 0 spiro atoms. The van der Waals surface area contributed by atoms with Crippen LogP contribution in [0.5, 0.6) is 5.75 Å². The monoisotopic (exact) mass is 365 g/mol. The molecule has 0 atom stereocenters. The van der Waals surface area contributed by atoms with E-state index in [4.69, 9.17) is 10.5 Å². The highest BCUT2D eigenvalue weighted by atomic mass is 35.5. The summed E-state index contributed by atoms with van der Waals surface area (Å²) in [5.41, 5.74) is 5.12. The molecule has 23 heavy (non-hydrogen) atoms. The molecule has 1 aliphatic rings. The molecule has 0 unspecified atom stereocenters. The summed E-state index contributed by atoms with van der Waals surface area (Å²) in [6.07, 6.45) is 1.33. The SMILES string of the molecule is COc1ccc(S(=O)(=O)N2CCC(CN)CC2)c([N+](=O)[O-])c1.Cl. The summed E-state index contributed by atoms with van der Waals surface area (Å²) in [7, 11) is -2.53. The lowest BCUT2D eigenvalue weighted by atomic mass is 9.99. The Hall–Kier alpha value is -1.42. The standard InChI is InChI=1S/C13H19N3O5S.ClH/c1-21-11-2-3-13(12(8-11)16(17)18)22(19,20)15-6-4-10(9-14)5-7-15;/h2-3,8,10H,4-7,9,14H2,1H3;1H. The van der Waals surface area contributed by atoms with Crippen molar-refractivity contribution in [2.45, 2.75) is 17.7 Å². The van der Waals surface area contributed by atoms with E-state index in [1.165, 1.54) is 23.5 Å². The van der Waals surface area contributed by atoms with Crippen LogP contribution in [0.25, 0.3) is 0 Å². The van der Waals surface area contributed by atoms with Gasteiger partial charge in [-0.05, 0) is 37.4 Å². The molecule has 0 amide bonds. The van der Waals surface area contributed by atoms with Gasteiger partial charge in [-0.2, -0.15) is 4.31 Å². The third kappa shape index (κ3) is 4.11. The number of nitro benzene ring substituents is 1. The summed E-state index contributed by atoms with van der Waals surface area (Å²) in [5.74, 6) is 0.546. The van der Waals surface area contributed by atoms with Crippen LogP contribution in [0.2, 0.25) is 0 Å². The van der Waals surface area contributed by atoms with E-state index in [1.54, 1.807) is 0 Å². The average molecular weight is 366 g/mol. The zero-order chi connectivity index (χ0) is 16.3. The molecule has 130 valence electrons. The molecule has 0 bridgehead atoms. The number of rotatable bonds is 5. The maximum Gasteiger partial charge on any atom is 0.293 e. The van der Waals surface area contributed by atoms with Gasteiger partial charge in [0, 0.05) is 13.1 Å². The molecule has 1 fully saturated rings. The number of nitrogens with two attached hydrogens (primary N) is 1. The number of benzene rings is 1. The van der Waals surface area contributed by atoms with Crippen molar-refractivity contribution in [1.82, 2.24) is 4.31 Å². The first-order valence-corrected chi connectivity index (χ1v) is 8.36. The Kier molecular flexibility index (Phi) is 6.75. The Morgan fingerprint density at radius 2 is 2.00 bits per heavy atom. The van der Waals surface area contributed by atoms with Gasteiger partial charge in [-0.3, -0.25) is 10.1 Å². The van der Waals surface area contributed by atoms with Crippen molar-refractivity contribution in [2.24, 2.45) is 11.7 Å². The topological polar surface area (TPSA) is 116 Å². The molecule has 0 aliphatic carbocycles. The highest BCUT2D eigenvalue weighted by Crippen LogP contribution is 2.32. The zero-order valence-electron chi connectivity index (χ0n) is 12.7. The minimum Gasteiger partial charge on any atom is -0.497 e. The molecular formula is C13H20ClN3O5S. The molecule has 0 aromatic heterocycles. The number of nitro groups is 1. The van der Waals surface area contributed by atoms with Crippen molar-refractivity contribution in [1.29, 1.82) is 0 Å². The summed E-state index contributed by atoms with van der Waals surface area (Å²) < 4.78 is 31.5. The van der Waals surface area contributed by atoms with E-state index in [9.17, 15) is 18.5 Å². The fourth-order valence-electron chi connectivity index (χ4n) is 2.51. The zero-order valence-corrected chi connectivity index (χ0v) is 14.3. The quantitative estimate of drug-likeness (QED) is 0.622. The molecule has 0 radical (unpaired) electrons. The predicted octanol–water partition coefficient (Wildman–Crippen LogP) is 1.38. The van der Waals surface area contributed by atoms with Gasteiger partial charge < -0.3 is 10.5 Å². The van der Waals surface area contributed by atoms with Crippen LogP contribution in [-0.4, -0.2) is 44.4 Å². The number of piperidine rings is 1. The van der Waals surface area contributed by atoms with E-state index in [1.807, 2.05) is 0 Å². The number of hydrogen-bond donors (Lipinski definition) is 1. The lowest BCUT2D eigenvalue weighted by Crippen LogP contribution is -2.40. The minimum atomic E-state index is -3.90. The van der Waals surface area contributed by atoms with Crippen LogP contribution >= 0.6 is 12.4 Å². The Balaban J connectivity index is 0.00000264. The van der Waals surface area contributed by atoms with E-state index < -0.39 is 20.6 Å². The van der Waals surface area contributed by atoms with Crippen LogP contribution in [-0.2, 0) is 10.0 Å². The second-order valence-electron chi connectivity index (χ2n) is 5.17. The van der Waals surface area contributed by atoms with Crippen LogP contribution in [0.3, 0.4) is 0 Å². The smallest absolute Gasteiger partial charge is 0.293 e. The number of ether oxygens (including phenoxy) is 1. The lowest BCUT2D eigenvalue weighted by Gasteiger charge is -2.30. The van der Waals surface area contributed by atoms with Gasteiger partial charge in [0.15, 0.2) is 4.90 Å². The molecule has 0 saturated carbocycles. The van der Waals surface area contributed by atoms with Crippen LogP contribution in [0.15, 0.2) is 23.1 Å². The first kappa shape index (κ1) is 19.6. The Morgan fingerprint density at radius 1 is 1.39 bits per heavy atom. The van der Waals surface area contributed by atoms with E-state index in [0.29, 0.717) is 38.4 Å². The summed E-state index contributed by atoms with van der Waals surface area (Å²) in [6, 6.07) is 3.76. The van der Waals surface area contributed by atoms with Crippen LogP contribution < -0.4 is 10.5 Å². The van der Waals surface area contributed by atoms with E-state index in [2.05, 4.69) is 0 Å². The first-order valence-electron chi connectivity index (χ1n) is 6.92. The molecular weight excluding hydrogens is 346 g/mol. The molecule has 1 aromatic carbocycles. The summed E-state index contributed by atoms with van der Waals surface area (Å²) in [6.45, 7) is 1.18. The van der Waals surface area contributed by atoms with Crippen molar-refractivity contribution >= 4 is 28.1 Å². The highest BCUT2D eigenvalue weighted by Gasteiger charge is 2.34. The predicted molar refractivity (Wildman–Crippen MR) is 87.4 cm³/mol. The Labute approximate surface area is 141 Å². The molecule has 1 saturated heterocycles. The number of sulfonamides is 1. The highest BCUT2D eigenvalue weighted by molar-refractivity contribution is 7.89. The summed E-state index contributed by atoms with van der Waals surface area (Å²) in [5, 5.41) is 11.2. The number of methoxy groups -OCH3 is 1. The number of nitrogens with zero attached hydrogens (tertiary/aromatic N) is 2. The third-order valence-electron chi connectivity index (χ3n) is 3.89. The first-order chi connectivity index (χ1) is 10.4. The van der Waals surface area contributed by atoms with Gasteiger partial charge in [0.25, 0.3) is 5.69 Å². The van der Waals surface area contributed by atoms with Crippen LogP contribution in [0, 0.1) is 16.0 Å². The summed E-state index contributed by atoms with van der Waals surface area (Å²) in [4.78, 5) is 10.2. The molecule has 2 N–H and O–H groups in total. The second-order valence-corrected chi connectivity index (χ2v) is 7.08. The maximum atomic E-state index is 12.7. The van der Waals surface area contributed by atoms with Gasteiger partial charge in [0.1, 0.15) is 5.75 Å². The fourth-order valence-corrected chi connectivity index (χ4v) is 4.12. The largest absolute Gasteiger partial charge is 0.497 e. The van der Waals surface area contributed by atoms with Gasteiger partial charge in [-0.25, -0.2) is 8.42 Å². The van der Waals surface area contributed by atoms with Crippen molar-refractivity contribution in [3.05, 3.63) is 28.3 Å². The molecule has 10 heteroatoms. The van der Waals surface area contributed by atoms with Crippen LogP contribution in [0.1, 0.15) is 12.8 Å². The third-order valence-corrected chi connectivity index (χ3v) is 5.83. The second kappa shape index (κ2) is 7.91. The Bertz CT molecular complexity index is 660. The van der Waals surface area contributed by atoms with Crippen LogP contribution in [0.4, 0.5) is 5.69 Å². The molecule has 1 heterocycles. The van der Waals surface area contributed by atoms with Crippen molar-refractivity contribution < 1.29 is 18.1 Å².